The molecule has 1 amide bonds. The summed E-state index contributed by atoms with van der Waals surface area (Å²) in [6, 6.07) is 1.47. The molecule has 3 aromatic rings. The van der Waals surface area contributed by atoms with Gasteiger partial charge in [0.15, 0.2) is 5.82 Å². The monoisotopic (exact) mass is 327 g/mol. The van der Waals surface area contributed by atoms with Crippen LogP contribution in [0.2, 0.25) is 0 Å². The highest BCUT2D eigenvalue weighted by molar-refractivity contribution is 5.76. The van der Waals surface area contributed by atoms with Gasteiger partial charge in [0.05, 0.1) is 18.0 Å². The van der Waals surface area contributed by atoms with E-state index in [0.29, 0.717) is 35.1 Å². The number of aromatic nitrogens is 4. The summed E-state index contributed by atoms with van der Waals surface area (Å²) in [5.74, 6) is -0.119. The maximum absolute atomic E-state index is 14.7. The number of carbonyl (C=O) groups is 1. The van der Waals surface area contributed by atoms with Gasteiger partial charge in [-0.15, -0.1) is 0 Å². The van der Waals surface area contributed by atoms with E-state index in [2.05, 4.69) is 20.2 Å². The molecule has 0 saturated heterocycles. The van der Waals surface area contributed by atoms with Crippen molar-refractivity contribution in [3.8, 4) is 11.4 Å². The molecule has 0 bridgehead atoms. The topological polar surface area (TPSA) is 95.0 Å². The number of benzene rings is 1. The smallest absolute Gasteiger partial charge is 0.407 e. The average molecular weight is 327 g/mol. The minimum absolute atomic E-state index is 0.248. The first-order valence-corrected chi connectivity index (χ1v) is 7.50. The zero-order valence-electron chi connectivity index (χ0n) is 12.9. The molecule has 7 nitrogen and oxygen atoms in total. The number of nitrogens with zero attached hydrogens (tertiary/aromatic N) is 4. The van der Waals surface area contributed by atoms with Crippen LogP contribution in [0.1, 0.15) is 16.7 Å². The molecule has 2 N–H and O–H groups in total. The third-order valence-electron chi connectivity index (χ3n) is 4.44. The van der Waals surface area contributed by atoms with Crippen LogP contribution in [-0.2, 0) is 13.0 Å². The van der Waals surface area contributed by atoms with Crippen LogP contribution in [0.5, 0.6) is 0 Å². The molecule has 1 aromatic carbocycles. The van der Waals surface area contributed by atoms with Crippen LogP contribution < -0.4 is 0 Å². The summed E-state index contributed by atoms with van der Waals surface area (Å²) >= 11 is 0. The summed E-state index contributed by atoms with van der Waals surface area (Å²) in [4.78, 5) is 21.1. The normalized spacial score (nSPS) is 14.0. The first kappa shape index (κ1) is 14.6. The van der Waals surface area contributed by atoms with E-state index in [0.717, 1.165) is 11.1 Å². The van der Waals surface area contributed by atoms with Crippen LogP contribution in [0.15, 0.2) is 18.5 Å². The van der Waals surface area contributed by atoms with Crippen molar-refractivity contribution in [2.24, 2.45) is 0 Å². The maximum atomic E-state index is 14.7. The van der Waals surface area contributed by atoms with E-state index >= 15 is 0 Å². The SMILES string of the molecule is Cc1c2c(cc(F)c1-c1ncc3[nH]ncc3n1)CCN(C(=O)O)C2. The van der Waals surface area contributed by atoms with Crippen LogP contribution in [0, 0.1) is 12.7 Å². The number of hydrogen-bond donors (Lipinski definition) is 2. The van der Waals surface area contributed by atoms with E-state index in [9.17, 15) is 14.3 Å². The highest BCUT2D eigenvalue weighted by atomic mass is 19.1. The lowest BCUT2D eigenvalue weighted by Gasteiger charge is -2.28. The van der Waals surface area contributed by atoms with Crippen molar-refractivity contribution < 1.29 is 14.3 Å². The molecule has 122 valence electrons. The number of aromatic amines is 1. The van der Waals surface area contributed by atoms with Crippen molar-refractivity contribution in [3.63, 3.8) is 0 Å². The standard InChI is InChI=1S/C16H14FN5O2/c1-8-10-7-22(16(23)24)3-2-9(10)4-11(17)14(8)15-18-5-13-12(20-15)6-19-21-13/h4-6H,2-3,7H2,1H3,(H,19,21)(H,23,24). The van der Waals surface area contributed by atoms with E-state index in [1.165, 1.54) is 11.0 Å². The minimum Gasteiger partial charge on any atom is -0.465 e. The zero-order chi connectivity index (χ0) is 16.8. The van der Waals surface area contributed by atoms with Crippen molar-refractivity contribution >= 4 is 17.1 Å². The fourth-order valence-electron chi connectivity index (χ4n) is 3.15. The Hall–Kier alpha value is -3.03. The van der Waals surface area contributed by atoms with E-state index in [1.807, 2.05) is 0 Å². The summed E-state index contributed by atoms with van der Waals surface area (Å²) in [6.45, 7) is 2.40. The molecule has 4 rings (SSSR count). The lowest BCUT2D eigenvalue weighted by atomic mass is 9.91. The van der Waals surface area contributed by atoms with Crippen LogP contribution in [0.25, 0.3) is 22.4 Å². The van der Waals surface area contributed by atoms with E-state index in [-0.39, 0.29) is 12.4 Å². The van der Waals surface area contributed by atoms with Crippen molar-refractivity contribution in [3.05, 3.63) is 41.0 Å². The van der Waals surface area contributed by atoms with E-state index in [1.54, 1.807) is 19.3 Å². The molecule has 0 saturated carbocycles. The summed E-state index contributed by atoms with van der Waals surface area (Å²) in [5.41, 5.74) is 3.94. The van der Waals surface area contributed by atoms with Crippen LogP contribution in [-0.4, -0.2) is 42.8 Å². The van der Waals surface area contributed by atoms with Gasteiger partial charge in [-0.3, -0.25) is 5.10 Å². The second-order valence-electron chi connectivity index (χ2n) is 5.81. The third-order valence-corrected chi connectivity index (χ3v) is 4.44. The second kappa shape index (κ2) is 5.26. The number of nitrogens with one attached hydrogen (secondary N) is 1. The molecule has 0 fully saturated rings. The molecule has 3 heterocycles. The number of carboxylic acid groups (broad SMARTS) is 1. The van der Waals surface area contributed by atoms with Gasteiger partial charge in [0, 0.05) is 13.1 Å². The van der Waals surface area contributed by atoms with Gasteiger partial charge in [0.1, 0.15) is 16.9 Å². The Balaban J connectivity index is 1.87. The van der Waals surface area contributed by atoms with Crippen molar-refractivity contribution in [2.45, 2.75) is 19.9 Å². The average Bonchev–Trinajstić information content (AvgIpc) is 3.02. The Morgan fingerprint density at radius 2 is 2.25 bits per heavy atom. The van der Waals surface area contributed by atoms with Crippen LogP contribution in [0.4, 0.5) is 9.18 Å². The first-order chi connectivity index (χ1) is 11.5. The third kappa shape index (κ3) is 2.18. The molecule has 8 heteroatoms. The molecule has 0 aliphatic carbocycles. The molecule has 2 aromatic heterocycles. The van der Waals surface area contributed by atoms with Crippen LogP contribution in [0.3, 0.4) is 0 Å². The second-order valence-corrected chi connectivity index (χ2v) is 5.81. The molecule has 1 aliphatic heterocycles. The summed E-state index contributed by atoms with van der Waals surface area (Å²) < 4.78 is 14.7. The molecular formula is C16H14FN5O2. The van der Waals surface area contributed by atoms with Gasteiger partial charge in [0.25, 0.3) is 0 Å². The zero-order valence-corrected chi connectivity index (χ0v) is 12.9. The number of fused-ring (bicyclic) bond motifs is 2. The lowest BCUT2D eigenvalue weighted by molar-refractivity contribution is 0.140. The molecule has 0 spiro atoms. The predicted octanol–water partition coefficient (Wildman–Crippen LogP) is 2.50. The molecule has 24 heavy (non-hydrogen) atoms. The summed E-state index contributed by atoms with van der Waals surface area (Å²) in [6.07, 6.45) is 2.65. The maximum Gasteiger partial charge on any atom is 0.407 e. The Kier molecular flexibility index (Phi) is 3.19. The van der Waals surface area contributed by atoms with Gasteiger partial charge in [-0.2, -0.15) is 5.10 Å². The predicted molar refractivity (Wildman–Crippen MR) is 84.0 cm³/mol. The Labute approximate surface area is 136 Å². The molecule has 1 aliphatic rings. The number of amides is 1. The lowest BCUT2D eigenvalue weighted by Crippen LogP contribution is -2.35. The van der Waals surface area contributed by atoms with Gasteiger partial charge >= 0.3 is 6.09 Å². The number of halogens is 1. The van der Waals surface area contributed by atoms with Crippen molar-refractivity contribution in [1.29, 1.82) is 0 Å². The van der Waals surface area contributed by atoms with Gasteiger partial charge in [-0.25, -0.2) is 19.2 Å². The van der Waals surface area contributed by atoms with Gasteiger partial charge < -0.3 is 10.0 Å². The highest BCUT2D eigenvalue weighted by Gasteiger charge is 2.25. The Morgan fingerprint density at radius 1 is 1.42 bits per heavy atom. The van der Waals surface area contributed by atoms with Gasteiger partial charge in [0.2, 0.25) is 0 Å². The summed E-state index contributed by atoms with van der Waals surface area (Å²) in [5, 5.41) is 15.8. The quantitative estimate of drug-likeness (QED) is 0.716. The van der Waals surface area contributed by atoms with E-state index in [4.69, 9.17) is 0 Å². The first-order valence-electron chi connectivity index (χ1n) is 7.50. The number of H-pyrrole nitrogens is 1. The number of rotatable bonds is 1. The molecule has 0 unspecified atom stereocenters. The van der Waals surface area contributed by atoms with E-state index < -0.39 is 11.9 Å². The Morgan fingerprint density at radius 3 is 3.04 bits per heavy atom. The highest BCUT2D eigenvalue weighted by Crippen LogP contribution is 2.32. The van der Waals surface area contributed by atoms with Crippen LogP contribution >= 0.6 is 0 Å². The fraction of sp³-hybridized carbons (Fsp3) is 0.250. The van der Waals surface area contributed by atoms with Crippen molar-refractivity contribution in [2.75, 3.05) is 6.54 Å². The fourth-order valence-corrected chi connectivity index (χ4v) is 3.15. The molecular weight excluding hydrogens is 313 g/mol. The van der Waals surface area contributed by atoms with Gasteiger partial charge in [-0.1, -0.05) is 0 Å². The molecule has 0 atom stereocenters. The van der Waals surface area contributed by atoms with Crippen molar-refractivity contribution in [1.82, 2.24) is 25.1 Å². The summed E-state index contributed by atoms with van der Waals surface area (Å²) in [7, 11) is 0. The largest absolute Gasteiger partial charge is 0.465 e. The molecule has 0 radical (unpaired) electrons. The Bertz CT molecular complexity index is 969. The minimum atomic E-state index is -0.970. The number of hydrogen-bond acceptors (Lipinski definition) is 4. The van der Waals surface area contributed by atoms with Gasteiger partial charge in [-0.05, 0) is 36.1 Å².